The van der Waals surface area contributed by atoms with Crippen molar-refractivity contribution in [1.29, 1.82) is 0 Å². The monoisotopic (exact) mass is 726 g/mol. The van der Waals surface area contributed by atoms with Gasteiger partial charge in [-0.25, -0.2) is 33.3 Å². The number of H-pyrrole nitrogens is 1. The Bertz CT molecular complexity index is 1950. The lowest BCUT2D eigenvalue weighted by Crippen LogP contribution is -2.36. The van der Waals surface area contributed by atoms with Gasteiger partial charge in [0.05, 0.1) is 25.9 Å². The van der Waals surface area contributed by atoms with Crippen molar-refractivity contribution in [2.45, 2.75) is 49.2 Å². The Morgan fingerprint density at radius 1 is 0.911 bits per heavy atom. The van der Waals surface area contributed by atoms with Crippen LogP contribution in [0.5, 0.6) is 0 Å². The van der Waals surface area contributed by atoms with Crippen molar-refractivity contribution in [2.75, 3.05) is 24.7 Å². The highest BCUT2D eigenvalue weighted by molar-refractivity contribution is 8.60. The zero-order valence-electron chi connectivity index (χ0n) is 22.3. The number of nitrogen functional groups attached to an aromatic ring is 2. The van der Waals surface area contributed by atoms with Gasteiger partial charge in [-0.2, -0.15) is 4.98 Å². The number of hydrogen-bond donors (Lipinski definition) is 5. The SMILES string of the molecule is Nc1nc2c(ncn2[C@@H]2O[C@@H]3CO[P@@](=O)(S)O[C@H]4[C@@H](F)[C@H](n5cnc6c(N)ncnc65)O[C@@H]4COP(=S)(S)O[C@H]3[C@H]2F)c(=O)[nH]1. The summed E-state index contributed by atoms with van der Waals surface area (Å²) in [5.41, 5.74) is 7.44. The van der Waals surface area contributed by atoms with E-state index < -0.39 is 80.5 Å². The molecule has 0 spiro atoms. The average Bonchev–Trinajstić information content (AvgIpc) is 3.72. The molecule has 3 aliphatic rings. The molecule has 0 amide bonds. The van der Waals surface area contributed by atoms with Crippen molar-refractivity contribution < 1.29 is 40.9 Å². The number of thiol groups is 2. The first kappa shape index (κ1) is 31.3. The van der Waals surface area contributed by atoms with Crippen molar-refractivity contribution in [1.82, 2.24) is 39.0 Å². The van der Waals surface area contributed by atoms with Crippen LogP contribution in [0.3, 0.4) is 0 Å². The molecule has 5 N–H and O–H groups in total. The molecule has 7 heterocycles. The molecule has 0 radical (unpaired) electrons. The molecule has 0 aromatic carbocycles. The molecule has 45 heavy (non-hydrogen) atoms. The molecule has 4 aromatic rings. The van der Waals surface area contributed by atoms with Gasteiger partial charge in [0.25, 0.3) is 5.56 Å². The summed E-state index contributed by atoms with van der Waals surface area (Å²) < 4.78 is 82.2. The van der Waals surface area contributed by atoms with Crippen LogP contribution in [0.1, 0.15) is 12.5 Å². The quantitative estimate of drug-likeness (QED) is 0.146. The van der Waals surface area contributed by atoms with Crippen LogP contribution in [0, 0.1) is 0 Å². The number of imidazole rings is 2. The lowest BCUT2D eigenvalue weighted by molar-refractivity contribution is -0.0522. The van der Waals surface area contributed by atoms with Crippen LogP contribution in [-0.4, -0.2) is 89.0 Å². The summed E-state index contributed by atoms with van der Waals surface area (Å²) in [4.78, 5) is 34.6. The fraction of sp³-hybridized carbons (Fsp3) is 0.500. The Morgan fingerprint density at radius 3 is 2.20 bits per heavy atom. The van der Waals surface area contributed by atoms with Crippen molar-refractivity contribution in [3.63, 3.8) is 0 Å². The Kier molecular flexibility index (Phi) is 7.96. The van der Waals surface area contributed by atoms with E-state index in [0.717, 1.165) is 10.9 Å². The second kappa shape index (κ2) is 11.4. The smallest absolute Gasteiger partial charge is 0.382 e. The van der Waals surface area contributed by atoms with Gasteiger partial charge in [0.15, 0.2) is 47.4 Å². The van der Waals surface area contributed by atoms with Gasteiger partial charge in [-0.05, 0) is 11.8 Å². The van der Waals surface area contributed by atoms with Crippen LogP contribution in [-0.2, 0) is 43.9 Å². The Morgan fingerprint density at radius 2 is 1.51 bits per heavy atom. The van der Waals surface area contributed by atoms with Gasteiger partial charge in [0.2, 0.25) is 11.6 Å². The molecule has 0 saturated carbocycles. The van der Waals surface area contributed by atoms with Crippen molar-refractivity contribution in [3.05, 3.63) is 29.3 Å². The molecule has 3 aliphatic heterocycles. The third-order valence-corrected chi connectivity index (χ3v) is 11.0. The normalized spacial score (nSPS) is 37.7. The first-order valence-corrected chi connectivity index (χ1v) is 19.4. The zero-order chi connectivity index (χ0) is 31.8. The summed E-state index contributed by atoms with van der Waals surface area (Å²) >= 11 is 13.8. The maximum Gasteiger partial charge on any atom is 0.386 e. The van der Waals surface area contributed by atoms with Crippen LogP contribution in [0.15, 0.2) is 23.8 Å². The highest BCUT2D eigenvalue weighted by Gasteiger charge is 2.54. The van der Waals surface area contributed by atoms with E-state index in [9.17, 15) is 9.36 Å². The predicted octanol–water partition coefficient (Wildman–Crippen LogP) is 1.60. The van der Waals surface area contributed by atoms with Gasteiger partial charge in [0, 0.05) is 0 Å². The first-order chi connectivity index (χ1) is 21.3. The molecule has 3 fully saturated rings. The summed E-state index contributed by atoms with van der Waals surface area (Å²) in [6.45, 7) is -5.47. The van der Waals surface area contributed by atoms with Gasteiger partial charge < -0.3 is 30.0 Å². The van der Waals surface area contributed by atoms with E-state index >= 15 is 8.78 Å². The number of alkyl halides is 2. The van der Waals surface area contributed by atoms with Gasteiger partial charge in [-0.15, -0.1) is 0 Å². The second-order valence-electron chi connectivity index (χ2n) is 10.0. The minimum absolute atomic E-state index is 0.0656. The Hall–Kier alpha value is -2.30. The van der Waals surface area contributed by atoms with E-state index in [4.69, 9.17) is 50.8 Å². The second-order valence-corrected chi connectivity index (χ2v) is 18.2. The fourth-order valence-corrected chi connectivity index (χ4v) is 8.69. The van der Waals surface area contributed by atoms with Gasteiger partial charge >= 0.3 is 6.80 Å². The predicted molar refractivity (Wildman–Crippen MR) is 161 cm³/mol. The molecular formula is C20H22F2N10O8P2S3. The maximum absolute atomic E-state index is 16.1. The number of hydrogen-bond acceptors (Lipinski definition) is 16. The number of aromatic amines is 1. The molecule has 1 unspecified atom stereocenters. The average molecular weight is 727 g/mol. The summed E-state index contributed by atoms with van der Waals surface area (Å²) in [6, 6.07) is 0. The largest absolute Gasteiger partial charge is 0.386 e. The van der Waals surface area contributed by atoms with Crippen LogP contribution >= 0.6 is 37.0 Å². The molecular weight excluding hydrogens is 704 g/mol. The number of halogens is 2. The van der Waals surface area contributed by atoms with E-state index in [2.05, 4.69) is 54.4 Å². The van der Waals surface area contributed by atoms with Crippen molar-refractivity contribution >= 4 is 82.9 Å². The number of aromatic nitrogens is 8. The number of nitrogens with two attached hydrogens (primary N) is 2. The highest BCUT2D eigenvalue weighted by Crippen LogP contribution is 2.60. The van der Waals surface area contributed by atoms with E-state index in [1.54, 1.807) is 0 Å². The van der Waals surface area contributed by atoms with E-state index in [1.807, 2.05) is 0 Å². The summed E-state index contributed by atoms with van der Waals surface area (Å²) in [6.07, 6.45) is -8.87. The third-order valence-electron chi connectivity index (χ3n) is 7.23. The summed E-state index contributed by atoms with van der Waals surface area (Å²) in [5.74, 6) is -0.170. The van der Waals surface area contributed by atoms with Crippen LogP contribution in [0.25, 0.3) is 22.3 Å². The lowest BCUT2D eigenvalue weighted by Gasteiger charge is -2.29. The lowest BCUT2D eigenvalue weighted by atomic mass is 10.1. The van der Waals surface area contributed by atoms with E-state index in [-0.39, 0.29) is 34.1 Å². The van der Waals surface area contributed by atoms with Crippen LogP contribution in [0.2, 0.25) is 0 Å². The zero-order valence-corrected chi connectivity index (χ0v) is 26.7. The van der Waals surface area contributed by atoms with Gasteiger partial charge in [0.1, 0.15) is 36.3 Å². The summed E-state index contributed by atoms with van der Waals surface area (Å²) in [5, 5.41) is 0. The van der Waals surface area contributed by atoms with Crippen LogP contribution in [0.4, 0.5) is 20.5 Å². The minimum Gasteiger partial charge on any atom is -0.382 e. The van der Waals surface area contributed by atoms with Crippen molar-refractivity contribution in [2.24, 2.45) is 0 Å². The first-order valence-electron chi connectivity index (χ1n) is 12.9. The molecule has 0 aliphatic carbocycles. The number of anilines is 2. The number of nitrogens with one attached hydrogen (secondary N) is 1. The molecule has 3 saturated heterocycles. The highest BCUT2D eigenvalue weighted by atomic mass is 32.9. The van der Waals surface area contributed by atoms with Crippen molar-refractivity contribution in [3.8, 4) is 0 Å². The van der Waals surface area contributed by atoms with Gasteiger partial charge in [-0.3, -0.25) is 28.0 Å². The summed E-state index contributed by atoms with van der Waals surface area (Å²) in [7, 11) is 0. The maximum atomic E-state index is 16.1. The molecule has 10 atom stereocenters. The number of fused-ring (bicyclic) bond motifs is 4. The van der Waals surface area contributed by atoms with E-state index in [1.165, 1.54) is 17.2 Å². The Labute approximate surface area is 265 Å². The number of nitrogens with zero attached hydrogens (tertiary/aromatic N) is 7. The molecule has 0 bridgehead atoms. The molecule has 4 aromatic heterocycles. The van der Waals surface area contributed by atoms with Gasteiger partial charge in [-0.1, -0.05) is 24.5 Å². The number of ether oxygens (including phenoxy) is 2. The van der Waals surface area contributed by atoms with E-state index in [0.29, 0.717) is 0 Å². The Balaban J connectivity index is 1.17. The number of rotatable bonds is 2. The third kappa shape index (κ3) is 5.67. The topological polar surface area (TPSA) is 232 Å². The molecule has 242 valence electrons. The molecule has 18 nitrogen and oxygen atoms in total. The standard InChI is InChI=1S/C20H22F2N10O8P2S3/c21-8-12-7(38-18(8)31-4-27-10-14(23)25-3-26-15(10)31)2-36-42(44,45)40-13-6(1-35-41(34,43)39-12)37-19(9(13)22)32-5-28-11-16(32)29-20(24)30-17(11)33/h3-9,12-13,18-19H,1-2H2,(H,34,43)(H,44,45)(H2,23,25,26)(H3,24,29,30,33)/t6-,7-,8-,9-,12-,13-,18-,19-,41-/m1/s1. The minimum atomic E-state index is -4.38. The van der Waals surface area contributed by atoms with Crippen LogP contribution < -0.4 is 17.0 Å². The molecule has 25 heteroatoms. The molecule has 7 rings (SSSR count). The fourth-order valence-electron chi connectivity index (χ4n) is 5.25.